The summed E-state index contributed by atoms with van der Waals surface area (Å²) in [5.41, 5.74) is -0.374. The van der Waals surface area contributed by atoms with Crippen molar-refractivity contribution in [1.82, 2.24) is 10.2 Å². The molecule has 2 aliphatic rings. The minimum absolute atomic E-state index is 0.204. The van der Waals surface area contributed by atoms with Gasteiger partial charge in [0.1, 0.15) is 0 Å². The summed E-state index contributed by atoms with van der Waals surface area (Å²) in [6.07, 6.45) is 5.65. The lowest BCUT2D eigenvalue weighted by Gasteiger charge is -2.28. The summed E-state index contributed by atoms with van der Waals surface area (Å²) in [6, 6.07) is 0. The first-order chi connectivity index (χ1) is 9.55. The zero-order valence-corrected chi connectivity index (χ0v) is 13.4. The molecule has 0 saturated carbocycles. The van der Waals surface area contributed by atoms with Crippen LogP contribution in [0.25, 0.3) is 0 Å². The van der Waals surface area contributed by atoms with Crippen LogP contribution in [0.5, 0.6) is 0 Å². The third-order valence-electron chi connectivity index (χ3n) is 5.04. The van der Waals surface area contributed by atoms with Crippen LogP contribution < -0.4 is 5.32 Å². The van der Waals surface area contributed by atoms with E-state index in [9.17, 15) is 4.79 Å². The second-order valence-electron chi connectivity index (χ2n) is 6.46. The number of carbonyl (C=O) groups is 1. The van der Waals surface area contributed by atoms with Crippen molar-refractivity contribution < 1.29 is 9.53 Å². The number of amides is 1. The molecule has 2 fully saturated rings. The number of hydrogen-bond donors (Lipinski definition) is 1. The highest BCUT2D eigenvalue weighted by Crippen LogP contribution is 2.30. The summed E-state index contributed by atoms with van der Waals surface area (Å²) < 4.78 is 5.78. The SMILES string of the molecule is CCCC1NC(C)(CC)C(=O)N1CC1CCOC1CC. The molecule has 2 aliphatic heterocycles. The van der Waals surface area contributed by atoms with Gasteiger partial charge in [-0.15, -0.1) is 0 Å². The number of hydrogen-bond acceptors (Lipinski definition) is 3. The zero-order chi connectivity index (χ0) is 14.8. The maximum Gasteiger partial charge on any atom is 0.243 e. The number of nitrogens with one attached hydrogen (secondary N) is 1. The highest BCUT2D eigenvalue weighted by molar-refractivity contribution is 5.88. The number of carbonyl (C=O) groups excluding carboxylic acids is 1. The summed E-state index contributed by atoms with van der Waals surface area (Å²) >= 11 is 0. The monoisotopic (exact) mass is 282 g/mol. The first-order valence-corrected chi connectivity index (χ1v) is 8.26. The number of rotatable bonds is 6. The van der Waals surface area contributed by atoms with E-state index in [1.807, 2.05) is 6.92 Å². The summed E-state index contributed by atoms with van der Waals surface area (Å²) in [7, 11) is 0. The van der Waals surface area contributed by atoms with Gasteiger partial charge in [-0.3, -0.25) is 10.1 Å². The fraction of sp³-hybridized carbons (Fsp3) is 0.938. The Morgan fingerprint density at radius 2 is 2.15 bits per heavy atom. The molecular weight excluding hydrogens is 252 g/mol. The van der Waals surface area contributed by atoms with E-state index in [2.05, 4.69) is 31.0 Å². The van der Waals surface area contributed by atoms with Gasteiger partial charge in [-0.05, 0) is 32.6 Å². The van der Waals surface area contributed by atoms with Crippen molar-refractivity contribution in [2.45, 2.75) is 77.6 Å². The first-order valence-electron chi connectivity index (χ1n) is 8.26. The highest BCUT2D eigenvalue weighted by atomic mass is 16.5. The van der Waals surface area contributed by atoms with Crippen LogP contribution in [-0.4, -0.2) is 41.8 Å². The van der Waals surface area contributed by atoms with Gasteiger partial charge in [-0.25, -0.2) is 0 Å². The van der Waals surface area contributed by atoms with Gasteiger partial charge in [0, 0.05) is 19.1 Å². The van der Waals surface area contributed by atoms with Crippen LogP contribution in [0.3, 0.4) is 0 Å². The fourth-order valence-corrected chi connectivity index (χ4v) is 3.54. The molecule has 0 bridgehead atoms. The van der Waals surface area contributed by atoms with Gasteiger partial charge in [0.15, 0.2) is 0 Å². The molecule has 116 valence electrons. The Hall–Kier alpha value is -0.610. The third-order valence-corrected chi connectivity index (χ3v) is 5.04. The Morgan fingerprint density at radius 1 is 1.40 bits per heavy atom. The van der Waals surface area contributed by atoms with E-state index in [4.69, 9.17) is 4.74 Å². The van der Waals surface area contributed by atoms with Gasteiger partial charge >= 0.3 is 0 Å². The van der Waals surface area contributed by atoms with E-state index in [1.165, 1.54) is 0 Å². The van der Waals surface area contributed by atoms with E-state index in [0.29, 0.717) is 12.0 Å². The van der Waals surface area contributed by atoms with Crippen molar-refractivity contribution in [3.8, 4) is 0 Å². The smallest absolute Gasteiger partial charge is 0.243 e. The van der Waals surface area contributed by atoms with Crippen molar-refractivity contribution in [1.29, 1.82) is 0 Å². The van der Waals surface area contributed by atoms with Crippen molar-refractivity contribution in [2.24, 2.45) is 5.92 Å². The standard InChI is InChI=1S/C16H30N2O2/c1-5-8-14-17-16(4,7-3)15(19)18(14)11-12-9-10-20-13(12)6-2/h12-14,17H,5-11H2,1-4H3. The topological polar surface area (TPSA) is 41.6 Å². The van der Waals surface area contributed by atoms with Gasteiger partial charge in [-0.1, -0.05) is 27.2 Å². The Kier molecular flexibility index (Phi) is 5.08. The molecule has 2 rings (SSSR count). The van der Waals surface area contributed by atoms with E-state index in [-0.39, 0.29) is 17.6 Å². The summed E-state index contributed by atoms with van der Waals surface area (Å²) in [5.74, 6) is 0.782. The normalized spacial score (nSPS) is 37.9. The molecule has 4 atom stereocenters. The zero-order valence-electron chi connectivity index (χ0n) is 13.4. The molecule has 0 aromatic carbocycles. The van der Waals surface area contributed by atoms with Gasteiger partial charge in [0.05, 0.1) is 17.8 Å². The molecule has 20 heavy (non-hydrogen) atoms. The van der Waals surface area contributed by atoms with Gasteiger partial charge in [-0.2, -0.15) is 0 Å². The average Bonchev–Trinajstić information content (AvgIpc) is 2.98. The van der Waals surface area contributed by atoms with Crippen molar-refractivity contribution in [2.75, 3.05) is 13.2 Å². The van der Waals surface area contributed by atoms with E-state index in [1.54, 1.807) is 0 Å². The minimum Gasteiger partial charge on any atom is -0.378 e. The van der Waals surface area contributed by atoms with Gasteiger partial charge in [0.25, 0.3) is 0 Å². The van der Waals surface area contributed by atoms with Crippen LogP contribution in [-0.2, 0) is 9.53 Å². The van der Waals surface area contributed by atoms with Crippen LogP contribution in [0.2, 0.25) is 0 Å². The molecule has 4 unspecified atom stereocenters. The summed E-state index contributed by atoms with van der Waals surface area (Å²) in [5, 5.41) is 3.56. The molecule has 1 N–H and O–H groups in total. The van der Waals surface area contributed by atoms with Gasteiger partial charge < -0.3 is 9.64 Å². The van der Waals surface area contributed by atoms with E-state index in [0.717, 1.165) is 45.3 Å². The predicted octanol–water partition coefficient (Wildman–Crippen LogP) is 2.53. The molecule has 1 amide bonds. The summed E-state index contributed by atoms with van der Waals surface area (Å²) in [6.45, 7) is 10.2. The first kappa shape index (κ1) is 15.8. The molecule has 0 radical (unpaired) electrons. The maximum atomic E-state index is 12.7. The van der Waals surface area contributed by atoms with Crippen LogP contribution >= 0.6 is 0 Å². The highest BCUT2D eigenvalue weighted by Gasteiger charge is 2.47. The third kappa shape index (κ3) is 2.86. The lowest BCUT2D eigenvalue weighted by Crippen LogP contribution is -2.43. The molecule has 2 saturated heterocycles. The molecule has 4 nitrogen and oxygen atoms in total. The molecule has 4 heteroatoms. The fourth-order valence-electron chi connectivity index (χ4n) is 3.54. The van der Waals surface area contributed by atoms with Crippen LogP contribution in [0.4, 0.5) is 0 Å². The van der Waals surface area contributed by atoms with E-state index >= 15 is 0 Å². The average molecular weight is 282 g/mol. The Morgan fingerprint density at radius 3 is 2.75 bits per heavy atom. The van der Waals surface area contributed by atoms with Crippen LogP contribution in [0, 0.1) is 5.92 Å². The maximum absolute atomic E-state index is 12.7. The Balaban J connectivity index is 2.08. The second kappa shape index (κ2) is 6.44. The molecule has 0 spiro atoms. The molecule has 0 aromatic rings. The largest absolute Gasteiger partial charge is 0.378 e. The quantitative estimate of drug-likeness (QED) is 0.814. The minimum atomic E-state index is -0.374. The van der Waals surface area contributed by atoms with Gasteiger partial charge in [0.2, 0.25) is 5.91 Å². The van der Waals surface area contributed by atoms with E-state index < -0.39 is 0 Å². The number of nitrogens with zero attached hydrogens (tertiary/aromatic N) is 1. The molecule has 0 aliphatic carbocycles. The van der Waals surface area contributed by atoms with Crippen molar-refractivity contribution in [3.05, 3.63) is 0 Å². The molecular formula is C16H30N2O2. The Labute approximate surface area is 123 Å². The number of ether oxygens (including phenoxy) is 1. The lowest BCUT2D eigenvalue weighted by molar-refractivity contribution is -0.133. The van der Waals surface area contributed by atoms with Crippen molar-refractivity contribution in [3.63, 3.8) is 0 Å². The van der Waals surface area contributed by atoms with Crippen molar-refractivity contribution >= 4 is 5.91 Å². The molecule has 2 heterocycles. The summed E-state index contributed by atoms with van der Waals surface area (Å²) in [4.78, 5) is 14.8. The Bertz CT molecular complexity index is 347. The second-order valence-corrected chi connectivity index (χ2v) is 6.46. The van der Waals surface area contributed by atoms with Crippen LogP contribution in [0.15, 0.2) is 0 Å². The molecule has 0 aromatic heterocycles. The predicted molar refractivity (Wildman–Crippen MR) is 80.4 cm³/mol. The lowest BCUT2D eigenvalue weighted by atomic mass is 9.96. The van der Waals surface area contributed by atoms with Crippen LogP contribution in [0.1, 0.15) is 59.8 Å².